The Labute approximate surface area is 147 Å². The van der Waals surface area contributed by atoms with Crippen molar-refractivity contribution in [2.45, 2.75) is 26.7 Å². The number of nitrogens with zero attached hydrogens (tertiary/aromatic N) is 4. The number of hydrogen-bond acceptors (Lipinski definition) is 5. The van der Waals surface area contributed by atoms with Crippen LogP contribution in [0.2, 0.25) is 0 Å². The lowest BCUT2D eigenvalue weighted by atomic mass is 10.0. The number of pyridine rings is 1. The molecule has 3 aromatic heterocycles. The predicted octanol–water partition coefficient (Wildman–Crippen LogP) is 4.34. The maximum Gasteiger partial charge on any atom is 0.225 e. The molecule has 1 aliphatic heterocycles. The van der Waals surface area contributed by atoms with Crippen LogP contribution in [-0.2, 0) is 0 Å². The molecule has 1 saturated heterocycles. The van der Waals surface area contributed by atoms with E-state index >= 15 is 0 Å². The molecule has 0 saturated carbocycles. The highest BCUT2D eigenvalue weighted by atomic mass is 16.3. The fourth-order valence-corrected chi connectivity index (χ4v) is 3.47. The van der Waals surface area contributed by atoms with Gasteiger partial charge in [0.05, 0.1) is 12.0 Å². The SMILES string of the molecule is Cc1occc1-c1nc(N2CCC[C@@H](C)C2)ncc1-c1ccncc1. The summed E-state index contributed by atoms with van der Waals surface area (Å²) in [6, 6.07) is 5.95. The van der Waals surface area contributed by atoms with E-state index < -0.39 is 0 Å². The second-order valence-electron chi connectivity index (χ2n) is 6.75. The minimum Gasteiger partial charge on any atom is -0.469 e. The standard InChI is InChI=1S/C20H22N4O/c1-14-4-3-10-24(13-14)20-22-12-18(16-5-8-21-9-6-16)19(23-20)17-7-11-25-15(17)2/h5-9,11-12,14H,3-4,10,13H2,1-2H3/t14-/m1/s1. The van der Waals surface area contributed by atoms with Crippen molar-refractivity contribution in [2.75, 3.05) is 18.0 Å². The molecule has 0 radical (unpaired) electrons. The minimum atomic E-state index is 0.677. The van der Waals surface area contributed by atoms with Crippen LogP contribution in [0.1, 0.15) is 25.5 Å². The lowest BCUT2D eigenvalue weighted by molar-refractivity contribution is 0.442. The summed E-state index contributed by atoms with van der Waals surface area (Å²) < 4.78 is 5.53. The van der Waals surface area contributed by atoms with Gasteiger partial charge in [-0.1, -0.05) is 6.92 Å². The van der Waals surface area contributed by atoms with Gasteiger partial charge in [0.15, 0.2) is 0 Å². The first-order valence-electron chi connectivity index (χ1n) is 8.79. The summed E-state index contributed by atoms with van der Waals surface area (Å²) in [5.74, 6) is 2.35. The Kier molecular flexibility index (Phi) is 4.22. The van der Waals surface area contributed by atoms with Gasteiger partial charge in [-0.3, -0.25) is 4.98 Å². The Balaban J connectivity index is 1.82. The van der Waals surface area contributed by atoms with Crippen molar-refractivity contribution in [1.29, 1.82) is 0 Å². The van der Waals surface area contributed by atoms with Gasteiger partial charge in [-0.05, 0) is 49.4 Å². The Bertz CT molecular complexity index is 859. The van der Waals surface area contributed by atoms with Crippen LogP contribution in [0.25, 0.3) is 22.4 Å². The number of anilines is 1. The maximum absolute atomic E-state index is 5.53. The average molecular weight is 334 g/mol. The van der Waals surface area contributed by atoms with Gasteiger partial charge >= 0.3 is 0 Å². The fourth-order valence-electron chi connectivity index (χ4n) is 3.47. The summed E-state index contributed by atoms with van der Waals surface area (Å²) in [7, 11) is 0. The van der Waals surface area contributed by atoms with Crippen molar-refractivity contribution in [3.05, 3.63) is 48.8 Å². The Hall–Kier alpha value is -2.69. The normalized spacial score (nSPS) is 17.7. The highest BCUT2D eigenvalue weighted by Crippen LogP contribution is 2.34. The van der Waals surface area contributed by atoms with E-state index in [1.807, 2.05) is 31.3 Å². The van der Waals surface area contributed by atoms with Gasteiger partial charge in [0.1, 0.15) is 5.76 Å². The van der Waals surface area contributed by atoms with Crippen LogP contribution in [0.3, 0.4) is 0 Å². The predicted molar refractivity (Wildman–Crippen MR) is 98.3 cm³/mol. The summed E-state index contributed by atoms with van der Waals surface area (Å²) >= 11 is 0. The topological polar surface area (TPSA) is 55.1 Å². The zero-order valence-corrected chi connectivity index (χ0v) is 14.6. The van der Waals surface area contributed by atoms with E-state index in [1.54, 1.807) is 18.7 Å². The van der Waals surface area contributed by atoms with Gasteiger partial charge < -0.3 is 9.32 Å². The smallest absolute Gasteiger partial charge is 0.225 e. The summed E-state index contributed by atoms with van der Waals surface area (Å²) in [5, 5.41) is 0. The zero-order chi connectivity index (χ0) is 17.2. The number of rotatable bonds is 3. The number of furan rings is 1. The third-order valence-corrected chi connectivity index (χ3v) is 4.82. The van der Waals surface area contributed by atoms with Crippen molar-refractivity contribution in [2.24, 2.45) is 5.92 Å². The highest BCUT2D eigenvalue weighted by molar-refractivity contribution is 5.81. The zero-order valence-electron chi connectivity index (χ0n) is 14.6. The minimum absolute atomic E-state index is 0.677. The largest absolute Gasteiger partial charge is 0.469 e. The molecule has 3 aromatic rings. The lowest BCUT2D eigenvalue weighted by Crippen LogP contribution is -2.35. The molecule has 1 atom stereocenters. The lowest BCUT2D eigenvalue weighted by Gasteiger charge is -2.31. The van der Waals surface area contributed by atoms with Crippen molar-refractivity contribution in [1.82, 2.24) is 15.0 Å². The van der Waals surface area contributed by atoms with Gasteiger partial charge in [-0.2, -0.15) is 0 Å². The van der Waals surface area contributed by atoms with E-state index in [0.717, 1.165) is 47.2 Å². The van der Waals surface area contributed by atoms with Gasteiger partial charge in [0.25, 0.3) is 0 Å². The Morgan fingerprint density at radius 2 is 2.00 bits per heavy atom. The first-order valence-corrected chi connectivity index (χ1v) is 8.79. The van der Waals surface area contributed by atoms with Crippen molar-refractivity contribution in [3.63, 3.8) is 0 Å². The monoisotopic (exact) mass is 334 g/mol. The van der Waals surface area contributed by atoms with E-state index in [0.29, 0.717) is 5.92 Å². The molecule has 5 heteroatoms. The molecule has 4 rings (SSSR count). The van der Waals surface area contributed by atoms with Crippen LogP contribution in [0.5, 0.6) is 0 Å². The summed E-state index contributed by atoms with van der Waals surface area (Å²) in [6.45, 7) is 6.29. The van der Waals surface area contributed by atoms with E-state index in [2.05, 4.69) is 21.8 Å². The second kappa shape index (κ2) is 6.67. The molecule has 0 amide bonds. The molecule has 0 unspecified atom stereocenters. The molecule has 1 aliphatic rings. The molecule has 128 valence electrons. The molecular weight excluding hydrogens is 312 g/mol. The summed E-state index contributed by atoms with van der Waals surface area (Å²) in [4.78, 5) is 16.0. The van der Waals surface area contributed by atoms with Crippen LogP contribution in [0, 0.1) is 12.8 Å². The molecule has 4 heterocycles. The molecule has 0 aliphatic carbocycles. The van der Waals surface area contributed by atoms with Gasteiger partial charge in [-0.25, -0.2) is 9.97 Å². The van der Waals surface area contributed by atoms with E-state index in [9.17, 15) is 0 Å². The molecule has 1 fully saturated rings. The Morgan fingerprint density at radius 1 is 1.16 bits per heavy atom. The molecule has 0 N–H and O–H groups in total. The van der Waals surface area contributed by atoms with Crippen LogP contribution in [-0.4, -0.2) is 28.0 Å². The van der Waals surface area contributed by atoms with E-state index in [1.165, 1.54) is 12.8 Å². The van der Waals surface area contributed by atoms with Crippen molar-refractivity contribution >= 4 is 5.95 Å². The van der Waals surface area contributed by atoms with Crippen LogP contribution >= 0.6 is 0 Å². The van der Waals surface area contributed by atoms with Crippen molar-refractivity contribution < 1.29 is 4.42 Å². The maximum atomic E-state index is 5.53. The Morgan fingerprint density at radius 3 is 2.72 bits per heavy atom. The van der Waals surface area contributed by atoms with Gasteiger partial charge in [-0.15, -0.1) is 0 Å². The number of aromatic nitrogens is 3. The third kappa shape index (κ3) is 3.14. The average Bonchev–Trinajstić information content (AvgIpc) is 3.08. The number of aryl methyl sites for hydroxylation is 1. The van der Waals surface area contributed by atoms with E-state index in [-0.39, 0.29) is 0 Å². The molecule has 0 spiro atoms. The molecule has 0 bridgehead atoms. The number of piperidine rings is 1. The fraction of sp³-hybridized carbons (Fsp3) is 0.350. The molecule has 0 aromatic carbocycles. The van der Waals surface area contributed by atoms with Gasteiger partial charge in [0.2, 0.25) is 5.95 Å². The first-order chi connectivity index (χ1) is 12.2. The van der Waals surface area contributed by atoms with Crippen molar-refractivity contribution in [3.8, 4) is 22.4 Å². The van der Waals surface area contributed by atoms with Crippen LogP contribution in [0.15, 0.2) is 47.5 Å². The number of hydrogen-bond donors (Lipinski definition) is 0. The molecular formula is C20H22N4O. The quantitative estimate of drug-likeness (QED) is 0.713. The van der Waals surface area contributed by atoms with E-state index in [4.69, 9.17) is 9.40 Å². The third-order valence-electron chi connectivity index (χ3n) is 4.82. The molecule has 5 nitrogen and oxygen atoms in total. The van der Waals surface area contributed by atoms with Crippen LogP contribution < -0.4 is 4.90 Å². The first kappa shape index (κ1) is 15.8. The second-order valence-corrected chi connectivity index (χ2v) is 6.75. The summed E-state index contributed by atoms with van der Waals surface area (Å²) in [6.07, 6.45) is 9.70. The summed E-state index contributed by atoms with van der Waals surface area (Å²) in [5.41, 5.74) is 3.99. The van der Waals surface area contributed by atoms with Crippen LogP contribution in [0.4, 0.5) is 5.95 Å². The highest BCUT2D eigenvalue weighted by Gasteiger charge is 2.21. The van der Waals surface area contributed by atoms with Gasteiger partial charge in [0, 0.05) is 42.8 Å². The molecule has 25 heavy (non-hydrogen) atoms.